The summed E-state index contributed by atoms with van der Waals surface area (Å²) in [5, 5.41) is 6.18. The maximum atomic E-state index is 13.9. The summed E-state index contributed by atoms with van der Waals surface area (Å²) in [6, 6.07) is 8.42. The van der Waals surface area contributed by atoms with E-state index < -0.39 is 53.0 Å². The van der Waals surface area contributed by atoms with Crippen LogP contribution in [-0.4, -0.2) is 42.2 Å². The van der Waals surface area contributed by atoms with Gasteiger partial charge in [0.2, 0.25) is 23.6 Å². The van der Waals surface area contributed by atoms with Crippen LogP contribution >= 0.6 is 11.6 Å². The molecule has 2 aromatic rings. The molecule has 1 spiro atoms. The van der Waals surface area contributed by atoms with Crippen molar-refractivity contribution >= 4 is 52.6 Å². The second-order valence-corrected chi connectivity index (χ2v) is 9.54. The number of amides is 4. The normalized spacial score (nSPS) is 26.2. The van der Waals surface area contributed by atoms with Crippen molar-refractivity contribution in [1.82, 2.24) is 5.32 Å². The van der Waals surface area contributed by atoms with E-state index in [0.717, 1.165) is 10.5 Å². The van der Waals surface area contributed by atoms with Crippen molar-refractivity contribution in [2.75, 3.05) is 16.8 Å². The van der Waals surface area contributed by atoms with Crippen LogP contribution in [0.25, 0.3) is 0 Å². The molecule has 4 amide bonds. The van der Waals surface area contributed by atoms with Crippen LogP contribution in [0.5, 0.6) is 0 Å². The Balaban J connectivity index is 1.61. The molecule has 3 heterocycles. The summed E-state index contributed by atoms with van der Waals surface area (Å²) in [6.07, 6.45) is -0.250. The second-order valence-electron chi connectivity index (χ2n) is 9.14. The fraction of sp³-hybridized carbons (Fsp3) is 0.320. The number of anilines is 2. The number of hydrogen-bond donors (Lipinski definition) is 3. The third-order valence-electron chi connectivity index (χ3n) is 6.98. The number of nitrogens with one attached hydrogen (secondary N) is 2. The highest BCUT2D eigenvalue weighted by molar-refractivity contribution is 6.35. The molecule has 0 unspecified atom stereocenters. The number of carbonyl (C=O) groups excluding carboxylic acids is 5. The lowest BCUT2D eigenvalue weighted by Crippen LogP contribution is -2.53. The molecule has 3 aliphatic heterocycles. The first-order valence-electron chi connectivity index (χ1n) is 11.4. The Morgan fingerprint density at radius 1 is 1.14 bits per heavy atom. The Labute approximate surface area is 211 Å². The summed E-state index contributed by atoms with van der Waals surface area (Å²) >= 11 is 6.40. The predicted molar refractivity (Wildman–Crippen MR) is 129 cm³/mol. The highest BCUT2D eigenvalue weighted by Gasteiger charge is 2.71. The number of hydrogen-bond acceptors (Lipinski definition) is 7. The quantitative estimate of drug-likeness (QED) is 0.409. The third-order valence-corrected chi connectivity index (χ3v) is 7.28. The number of fused-ring (bicyclic) bond motifs is 4. The van der Waals surface area contributed by atoms with Gasteiger partial charge in [0.05, 0.1) is 40.4 Å². The van der Waals surface area contributed by atoms with Crippen LogP contribution in [0, 0.1) is 18.8 Å². The zero-order valence-electron chi connectivity index (χ0n) is 19.5. The number of esters is 1. The van der Waals surface area contributed by atoms with Gasteiger partial charge in [-0.05, 0) is 49.7 Å². The van der Waals surface area contributed by atoms with Crippen molar-refractivity contribution in [1.29, 1.82) is 0 Å². The Kier molecular flexibility index (Phi) is 5.60. The van der Waals surface area contributed by atoms with E-state index in [1.54, 1.807) is 26.0 Å². The van der Waals surface area contributed by atoms with E-state index in [0.29, 0.717) is 16.3 Å². The largest absolute Gasteiger partial charge is 0.462 e. The number of aryl methyl sites for hydroxylation is 1. The van der Waals surface area contributed by atoms with Gasteiger partial charge in [0.1, 0.15) is 5.54 Å². The van der Waals surface area contributed by atoms with Crippen molar-refractivity contribution < 1.29 is 28.7 Å². The fourth-order valence-electron chi connectivity index (χ4n) is 5.60. The van der Waals surface area contributed by atoms with E-state index in [1.165, 1.54) is 24.3 Å². The van der Waals surface area contributed by atoms with Crippen LogP contribution in [0.4, 0.5) is 11.4 Å². The topological polar surface area (TPSA) is 148 Å². The van der Waals surface area contributed by atoms with Gasteiger partial charge >= 0.3 is 5.97 Å². The van der Waals surface area contributed by atoms with Crippen LogP contribution in [0.15, 0.2) is 36.4 Å². The first-order valence-corrected chi connectivity index (χ1v) is 11.8. The number of ether oxygens (including phenoxy) is 1. The molecule has 2 aromatic carbocycles. The smallest absolute Gasteiger partial charge is 0.338 e. The molecule has 0 saturated carbocycles. The average molecular weight is 511 g/mol. The van der Waals surface area contributed by atoms with Gasteiger partial charge in [-0.15, -0.1) is 0 Å². The maximum Gasteiger partial charge on any atom is 0.338 e. The molecule has 0 aromatic heterocycles. The van der Waals surface area contributed by atoms with Crippen LogP contribution in [0.2, 0.25) is 5.02 Å². The highest BCUT2D eigenvalue weighted by Crippen LogP contribution is 2.55. The Morgan fingerprint density at radius 2 is 1.83 bits per heavy atom. The monoisotopic (exact) mass is 510 g/mol. The molecule has 10 nitrogen and oxygen atoms in total. The summed E-state index contributed by atoms with van der Waals surface area (Å²) in [6.45, 7) is 3.69. The minimum absolute atomic E-state index is 0.205. The predicted octanol–water partition coefficient (Wildman–Crippen LogP) is 1.63. The lowest BCUT2D eigenvalue weighted by Gasteiger charge is -2.29. The van der Waals surface area contributed by atoms with Crippen molar-refractivity contribution in [3.05, 3.63) is 58.1 Å². The summed E-state index contributed by atoms with van der Waals surface area (Å²) in [4.78, 5) is 65.9. The first kappa shape index (κ1) is 24.0. The van der Waals surface area contributed by atoms with Crippen LogP contribution in [0.1, 0.15) is 34.8 Å². The molecule has 36 heavy (non-hydrogen) atoms. The summed E-state index contributed by atoms with van der Waals surface area (Å²) in [5.41, 5.74) is 5.91. The van der Waals surface area contributed by atoms with Crippen molar-refractivity contribution in [3.63, 3.8) is 0 Å². The number of imide groups is 1. The first-order chi connectivity index (χ1) is 17.1. The summed E-state index contributed by atoms with van der Waals surface area (Å²) in [5.74, 6) is -5.08. The molecule has 2 saturated heterocycles. The Hall–Kier alpha value is -3.76. The lowest BCUT2D eigenvalue weighted by molar-refractivity contribution is -0.130. The molecular weight excluding hydrogens is 488 g/mol. The Morgan fingerprint density at radius 3 is 2.47 bits per heavy atom. The molecule has 4 atom stereocenters. The summed E-state index contributed by atoms with van der Waals surface area (Å²) in [7, 11) is 0. The highest BCUT2D eigenvalue weighted by atomic mass is 35.5. The SMILES string of the molecule is CCOC(=O)c1ccc(N2C(=O)[C@@H]3[C@@H](C2=O)[C@]2(N[C@@H]3CC(N)=O)C(=O)Nc3c(Cl)cc(C)cc32)cc1. The minimum Gasteiger partial charge on any atom is -0.462 e. The van der Waals surface area contributed by atoms with Gasteiger partial charge in [-0.1, -0.05) is 17.7 Å². The average Bonchev–Trinajstić information content (AvgIpc) is 3.39. The number of nitrogens with zero attached hydrogens (tertiary/aromatic N) is 1. The van der Waals surface area contributed by atoms with Gasteiger partial charge in [0.25, 0.3) is 0 Å². The zero-order valence-corrected chi connectivity index (χ0v) is 20.2. The fourth-order valence-corrected chi connectivity index (χ4v) is 5.92. The molecule has 0 aliphatic carbocycles. The van der Waals surface area contributed by atoms with Gasteiger partial charge < -0.3 is 15.8 Å². The molecule has 5 rings (SSSR count). The second kappa shape index (κ2) is 8.42. The standard InChI is InChI=1S/C25H23ClN4O6/c1-3-36-23(34)12-4-6-13(7-5-12)30-21(32)18-16(10-17(27)31)29-25(19(18)22(30)33)14-8-11(2)9-15(26)20(14)28-24(25)35/h4-9,16,18-19,29H,3,10H2,1-2H3,(H2,27,31)(H,28,35)/t16-,18+,19+,25+/m1/s1. The van der Waals surface area contributed by atoms with E-state index in [1.807, 2.05) is 0 Å². The van der Waals surface area contributed by atoms with E-state index in [2.05, 4.69) is 10.6 Å². The van der Waals surface area contributed by atoms with Crippen LogP contribution in [0.3, 0.4) is 0 Å². The minimum atomic E-state index is -1.61. The molecule has 11 heteroatoms. The Bertz CT molecular complexity index is 1340. The summed E-state index contributed by atoms with van der Waals surface area (Å²) < 4.78 is 4.98. The van der Waals surface area contributed by atoms with E-state index >= 15 is 0 Å². The van der Waals surface area contributed by atoms with Crippen molar-refractivity contribution in [2.24, 2.45) is 17.6 Å². The van der Waals surface area contributed by atoms with Gasteiger partial charge in [0.15, 0.2) is 0 Å². The number of halogens is 1. The van der Waals surface area contributed by atoms with Gasteiger partial charge in [-0.25, -0.2) is 9.69 Å². The van der Waals surface area contributed by atoms with Crippen LogP contribution < -0.4 is 21.3 Å². The van der Waals surface area contributed by atoms with E-state index in [4.69, 9.17) is 22.1 Å². The molecule has 4 N–H and O–H groups in total. The maximum absolute atomic E-state index is 13.9. The molecule has 3 aliphatic rings. The van der Waals surface area contributed by atoms with Gasteiger partial charge in [-0.3, -0.25) is 24.5 Å². The molecule has 0 bridgehead atoms. The molecule has 0 radical (unpaired) electrons. The molecule has 2 fully saturated rings. The molecule has 186 valence electrons. The van der Waals surface area contributed by atoms with Gasteiger partial charge in [-0.2, -0.15) is 0 Å². The zero-order chi connectivity index (χ0) is 25.9. The third kappa shape index (κ3) is 3.32. The van der Waals surface area contributed by atoms with Crippen molar-refractivity contribution in [3.8, 4) is 0 Å². The number of rotatable bonds is 5. The number of primary amides is 1. The van der Waals surface area contributed by atoms with E-state index in [-0.39, 0.29) is 24.3 Å². The van der Waals surface area contributed by atoms with Gasteiger partial charge in [0, 0.05) is 18.0 Å². The van der Waals surface area contributed by atoms with E-state index in [9.17, 15) is 24.0 Å². The van der Waals surface area contributed by atoms with Crippen LogP contribution in [-0.2, 0) is 29.5 Å². The van der Waals surface area contributed by atoms with Crippen molar-refractivity contribution in [2.45, 2.75) is 31.8 Å². The lowest BCUT2D eigenvalue weighted by atomic mass is 9.76. The number of carbonyl (C=O) groups is 5. The molecular formula is C25H23ClN4O6. The number of benzene rings is 2. The number of nitrogens with two attached hydrogens (primary N) is 1.